The van der Waals surface area contributed by atoms with Crippen LogP contribution in [-0.2, 0) is 0 Å². The third kappa shape index (κ3) is 2.77. The van der Waals surface area contributed by atoms with Crippen LogP contribution in [0, 0.1) is 0 Å². The minimum Gasteiger partial charge on any atom is -0.386 e. The van der Waals surface area contributed by atoms with Crippen molar-refractivity contribution in [3.8, 4) is 0 Å². The minimum atomic E-state index is -0.205. The van der Waals surface area contributed by atoms with Crippen LogP contribution in [0.15, 0.2) is 12.1 Å². The Bertz CT molecular complexity index is 386. The molecule has 0 spiro atoms. The van der Waals surface area contributed by atoms with Gasteiger partial charge in [-0.2, -0.15) is 0 Å². The molecule has 0 heterocycles. The Morgan fingerprint density at radius 2 is 2.07 bits per heavy atom. The Balaban J connectivity index is 3.13. The molecule has 0 fully saturated rings. The molecule has 1 aromatic carbocycles. The van der Waals surface area contributed by atoms with Crippen LogP contribution in [0.5, 0.6) is 0 Å². The topological polar surface area (TPSA) is 73.4 Å². The van der Waals surface area contributed by atoms with Crippen LogP contribution in [0.3, 0.4) is 0 Å². The second kappa shape index (κ2) is 4.90. The number of amides is 1. The summed E-state index contributed by atoms with van der Waals surface area (Å²) >= 11 is 5.89. The molecule has 0 atom stereocenters. The van der Waals surface area contributed by atoms with E-state index in [-0.39, 0.29) is 5.81 Å². The van der Waals surface area contributed by atoms with Crippen molar-refractivity contribution < 1.29 is 10.0 Å². The quantitative estimate of drug-likeness (QED) is 0.464. The Morgan fingerprint density at radius 3 is 2.53 bits per heavy atom. The summed E-state index contributed by atoms with van der Waals surface area (Å²) in [7, 11) is 3.09. The number of anilines is 3. The molecule has 0 bridgehead atoms. The summed E-state index contributed by atoms with van der Waals surface area (Å²) in [6.07, 6.45) is 0. The monoisotopic (exact) mass is 227 g/mol. The van der Waals surface area contributed by atoms with Gasteiger partial charge in [-0.25, -0.2) is 0 Å². The third-order valence-electron chi connectivity index (χ3n) is 1.81. The number of nitrogens with one attached hydrogen (secondary N) is 3. The fraction of sp³-hybridized carbons (Fsp3) is 0.125. The Labute approximate surface area is 93.2 Å². The molecule has 7 heteroatoms. The molecule has 5 nitrogen and oxygen atoms in total. The van der Waals surface area contributed by atoms with E-state index in [1.165, 1.54) is 13.9 Å². The van der Waals surface area contributed by atoms with Crippen LogP contribution in [0.1, 0.15) is 0 Å². The summed E-state index contributed by atoms with van der Waals surface area (Å²) in [4.78, 5) is 10.9. The van der Waals surface area contributed by atoms with Crippen molar-refractivity contribution in [2.45, 2.75) is 0 Å². The summed E-state index contributed by atoms with van der Waals surface area (Å²) in [5.41, 5.74) is 3.57. The SMILES string of the molecule is BC(=O)Nc1cc(NC)c(NO)cc1Cl. The third-order valence-corrected chi connectivity index (χ3v) is 2.12. The van der Waals surface area contributed by atoms with Gasteiger partial charge in [-0.1, -0.05) is 11.6 Å². The van der Waals surface area contributed by atoms with Gasteiger partial charge in [0.1, 0.15) is 0 Å². The molecule has 0 saturated heterocycles. The fourth-order valence-electron chi connectivity index (χ4n) is 1.16. The largest absolute Gasteiger partial charge is 0.386 e. The minimum absolute atomic E-state index is 0.205. The highest BCUT2D eigenvalue weighted by Gasteiger charge is 2.08. The summed E-state index contributed by atoms with van der Waals surface area (Å²) in [5.74, 6) is -0.205. The molecule has 0 saturated carbocycles. The second-order valence-corrected chi connectivity index (χ2v) is 3.33. The molecule has 0 aliphatic heterocycles. The molecule has 1 aromatic rings. The van der Waals surface area contributed by atoms with E-state index in [1.807, 2.05) is 5.48 Å². The standard InChI is InChI=1S/C8H11BClN3O2/c1-11-6-3-5(12-8(9)14)4(10)2-7(6)13-15/h2-3,11,13,15H,9H2,1H3,(H,12,14). The normalized spacial score (nSPS) is 9.53. The van der Waals surface area contributed by atoms with Crippen molar-refractivity contribution in [1.82, 2.24) is 0 Å². The zero-order valence-electron chi connectivity index (χ0n) is 8.39. The van der Waals surface area contributed by atoms with E-state index in [0.717, 1.165) is 0 Å². The summed E-state index contributed by atoms with van der Waals surface area (Å²) in [5, 5.41) is 14.6. The van der Waals surface area contributed by atoms with Gasteiger partial charge in [0.15, 0.2) is 5.81 Å². The summed E-state index contributed by atoms with van der Waals surface area (Å²) in [6, 6.07) is 3.14. The Kier molecular flexibility index (Phi) is 3.82. The predicted octanol–water partition coefficient (Wildman–Crippen LogP) is 1.35. The van der Waals surface area contributed by atoms with Gasteiger partial charge in [0.25, 0.3) is 0 Å². The Morgan fingerprint density at radius 1 is 1.40 bits per heavy atom. The maximum atomic E-state index is 10.9. The maximum absolute atomic E-state index is 10.9. The molecule has 0 radical (unpaired) electrons. The number of halogens is 1. The van der Waals surface area contributed by atoms with Gasteiger partial charge in [0.05, 0.1) is 22.1 Å². The summed E-state index contributed by atoms with van der Waals surface area (Å²) < 4.78 is 0. The molecule has 4 N–H and O–H groups in total. The zero-order chi connectivity index (χ0) is 11.4. The lowest BCUT2D eigenvalue weighted by Crippen LogP contribution is -2.09. The molecule has 0 aliphatic carbocycles. The van der Waals surface area contributed by atoms with Crippen molar-refractivity contribution in [2.24, 2.45) is 0 Å². The van der Waals surface area contributed by atoms with E-state index in [0.29, 0.717) is 22.1 Å². The molecule has 15 heavy (non-hydrogen) atoms. The molecular weight excluding hydrogens is 216 g/mol. The highest BCUT2D eigenvalue weighted by molar-refractivity contribution is 6.60. The number of hydrogen-bond acceptors (Lipinski definition) is 4. The van der Waals surface area contributed by atoms with Crippen LogP contribution >= 0.6 is 11.6 Å². The number of rotatable bonds is 3. The zero-order valence-corrected chi connectivity index (χ0v) is 9.14. The maximum Gasteiger partial charge on any atom is 0.216 e. The smallest absolute Gasteiger partial charge is 0.216 e. The molecule has 1 rings (SSSR count). The van der Waals surface area contributed by atoms with Gasteiger partial charge in [-0.15, -0.1) is 0 Å². The van der Waals surface area contributed by atoms with E-state index in [2.05, 4.69) is 10.6 Å². The van der Waals surface area contributed by atoms with Gasteiger partial charge < -0.3 is 10.6 Å². The average Bonchev–Trinajstić information content (AvgIpc) is 2.19. The molecule has 1 amide bonds. The molecule has 0 aromatic heterocycles. The highest BCUT2D eigenvalue weighted by Crippen LogP contribution is 2.32. The van der Waals surface area contributed by atoms with E-state index in [9.17, 15) is 4.79 Å². The van der Waals surface area contributed by atoms with Crippen molar-refractivity contribution in [3.05, 3.63) is 17.2 Å². The summed E-state index contributed by atoms with van der Waals surface area (Å²) in [6.45, 7) is 0. The van der Waals surface area contributed by atoms with Crippen LogP contribution < -0.4 is 16.1 Å². The molecular formula is C8H11BClN3O2. The number of carbonyl (C=O) groups excluding carboxylic acids is 1. The first kappa shape index (κ1) is 11.7. The van der Waals surface area contributed by atoms with Crippen molar-refractivity contribution in [2.75, 3.05) is 23.2 Å². The van der Waals surface area contributed by atoms with Crippen LogP contribution in [0.4, 0.5) is 21.9 Å². The van der Waals surface area contributed by atoms with Crippen molar-refractivity contribution in [1.29, 1.82) is 0 Å². The lowest BCUT2D eigenvalue weighted by Gasteiger charge is -2.12. The average molecular weight is 227 g/mol. The fourth-order valence-corrected chi connectivity index (χ4v) is 1.37. The predicted molar refractivity (Wildman–Crippen MR) is 64.0 cm³/mol. The lowest BCUT2D eigenvalue weighted by atomic mass is 10.1. The first-order valence-electron chi connectivity index (χ1n) is 4.27. The van der Waals surface area contributed by atoms with Gasteiger partial charge in [0.2, 0.25) is 7.85 Å². The molecule has 0 aliphatic rings. The molecule has 0 unspecified atom stereocenters. The second-order valence-electron chi connectivity index (χ2n) is 2.92. The van der Waals surface area contributed by atoms with E-state index in [1.54, 1.807) is 13.1 Å². The van der Waals surface area contributed by atoms with Crippen molar-refractivity contribution >= 4 is 42.3 Å². The van der Waals surface area contributed by atoms with Crippen LogP contribution in [-0.4, -0.2) is 25.9 Å². The van der Waals surface area contributed by atoms with Crippen LogP contribution in [0.2, 0.25) is 5.02 Å². The van der Waals surface area contributed by atoms with Crippen molar-refractivity contribution in [3.63, 3.8) is 0 Å². The first-order chi connectivity index (χ1) is 7.08. The first-order valence-corrected chi connectivity index (χ1v) is 4.65. The Hall–Kier alpha value is -1.40. The highest BCUT2D eigenvalue weighted by atomic mass is 35.5. The number of benzene rings is 1. The number of carbonyl (C=O) groups is 1. The molecule has 80 valence electrons. The van der Waals surface area contributed by atoms with Gasteiger partial charge >= 0.3 is 0 Å². The van der Waals surface area contributed by atoms with E-state index >= 15 is 0 Å². The number of hydrogen-bond donors (Lipinski definition) is 4. The lowest BCUT2D eigenvalue weighted by molar-refractivity contribution is 0.269. The van der Waals surface area contributed by atoms with Crippen LogP contribution in [0.25, 0.3) is 0 Å². The van der Waals surface area contributed by atoms with Gasteiger partial charge in [-0.3, -0.25) is 15.5 Å². The van der Waals surface area contributed by atoms with Gasteiger partial charge in [-0.05, 0) is 12.1 Å². The van der Waals surface area contributed by atoms with E-state index in [4.69, 9.17) is 16.8 Å². The van der Waals surface area contributed by atoms with Gasteiger partial charge in [0, 0.05) is 7.05 Å². The van der Waals surface area contributed by atoms with E-state index < -0.39 is 0 Å².